The Morgan fingerprint density at radius 2 is 2.05 bits per heavy atom. The molecule has 0 amide bonds. The molecule has 0 saturated carbocycles. The molecule has 0 aliphatic carbocycles. The zero-order chi connectivity index (χ0) is 13.8. The summed E-state index contributed by atoms with van der Waals surface area (Å²) in [6, 6.07) is 5.87. The Kier molecular flexibility index (Phi) is 4.06. The van der Waals surface area contributed by atoms with Crippen LogP contribution in [0, 0.1) is 6.92 Å². The fourth-order valence-electron chi connectivity index (χ4n) is 2.14. The number of benzene rings is 1. The summed E-state index contributed by atoms with van der Waals surface area (Å²) in [6.07, 6.45) is 0.782. The quantitative estimate of drug-likeness (QED) is 0.862. The molecule has 0 unspecified atom stereocenters. The lowest BCUT2D eigenvalue weighted by Gasteiger charge is -2.12. The maximum Gasteiger partial charge on any atom is 0.134 e. The highest BCUT2D eigenvalue weighted by Gasteiger charge is 2.14. The van der Waals surface area contributed by atoms with Gasteiger partial charge >= 0.3 is 0 Å². The second kappa shape index (κ2) is 5.75. The number of aromatic amines is 1. The van der Waals surface area contributed by atoms with Crippen molar-refractivity contribution < 1.29 is 9.47 Å². The molecule has 5 nitrogen and oxygen atoms in total. The Morgan fingerprint density at radius 1 is 1.26 bits per heavy atom. The van der Waals surface area contributed by atoms with Crippen LogP contribution in [0.3, 0.4) is 0 Å². The van der Waals surface area contributed by atoms with Gasteiger partial charge in [0.1, 0.15) is 11.5 Å². The van der Waals surface area contributed by atoms with Crippen LogP contribution in [0.15, 0.2) is 18.2 Å². The van der Waals surface area contributed by atoms with Crippen LogP contribution in [-0.2, 0) is 6.42 Å². The molecule has 0 aliphatic rings. The van der Waals surface area contributed by atoms with Gasteiger partial charge in [-0.3, -0.25) is 5.10 Å². The van der Waals surface area contributed by atoms with Crippen LogP contribution < -0.4 is 15.2 Å². The average molecular weight is 261 g/mol. The maximum absolute atomic E-state index is 5.54. The molecule has 2 aromatic rings. The summed E-state index contributed by atoms with van der Waals surface area (Å²) in [5, 5.41) is 7.30. The van der Waals surface area contributed by atoms with Gasteiger partial charge in [-0.25, -0.2) is 0 Å². The number of hydrogen-bond acceptors (Lipinski definition) is 4. The molecular weight excluding hydrogens is 242 g/mol. The molecule has 0 radical (unpaired) electrons. The van der Waals surface area contributed by atoms with Gasteiger partial charge in [-0.1, -0.05) is 0 Å². The highest BCUT2D eigenvalue weighted by molar-refractivity contribution is 5.71. The molecule has 19 heavy (non-hydrogen) atoms. The van der Waals surface area contributed by atoms with Gasteiger partial charge < -0.3 is 15.2 Å². The second-order valence-electron chi connectivity index (χ2n) is 4.29. The molecule has 102 valence electrons. The van der Waals surface area contributed by atoms with E-state index >= 15 is 0 Å². The van der Waals surface area contributed by atoms with Crippen molar-refractivity contribution in [1.82, 2.24) is 10.2 Å². The van der Waals surface area contributed by atoms with E-state index in [1.54, 1.807) is 14.2 Å². The lowest BCUT2D eigenvalue weighted by molar-refractivity contribution is 0.390. The predicted octanol–water partition coefficient (Wildman–Crippen LogP) is 1.90. The molecule has 3 N–H and O–H groups in total. The Bertz CT molecular complexity index is 564. The predicted molar refractivity (Wildman–Crippen MR) is 74.6 cm³/mol. The lowest BCUT2D eigenvalue weighted by atomic mass is 10.1. The summed E-state index contributed by atoms with van der Waals surface area (Å²) in [5.41, 5.74) is 9.32. The number of methoxy groups -OCH3 is 2. The Balaban J connectivity index is 2.46. The monoisotopic (exact) mass is 261 g/mol. The maximum atomic E-state index is 5.54. The van der Waals surface area contributed by atoms with E-state index in [1.807, 2.05) is 25.1 Å². The van der Waals surface area contributed by atoms with E-state index in [9.17, 15) is 0 Å². The number of nitrogens with two attached hydrogens (primary N) is 1. The van der Waals surface area contributed by atoms with Gasteiger partial charge in [-0.05, 0) is 31.7 Å². The number of nitrogens with one attached hydrogen (secondary N) is 1. The first-order valence-electron chi connectivity index (χ1n) is 6.17. The highest BCUT2D eigenvalue weighted by Crippen LogP contribution is 2.37. The van der Waals surface area contributed by atoms with E-state index in [-0.39, 0.29) is 0 Å². The van der Waals surface area contributed by atoms with E-state index in [1.165, 1.54) is 0 Å². The molecule has 0 aliphatic heterocycles. The van der Waals surface area contributed by atoms with Crippen molar-refractivity contribution in [3.8, 4) is 22.8 Å². The molecule has 1 heterocycles. The van der Waals surface area contributed by atoms with E-state index in [0.29, 0.717) is 6.54 Å². The first kappa shape index (κ1) is 13.4. The smallest absolute Gasteiger partial charge is 0.134 e. The fourth-order valence-corrected chi connectivity index (χ4v) is 2.14. The SMILES string of the molecule is COc1ccc(-c2cc(CCN)[nH]n2)c(OC)c1C. The summed E-state index contributed by atoms with van der Waals surface area (Å²) in [5.74, 6) is 1.59. The van der Waals surface area contributed by atoms with Crippen LogP contribution in [0.25, 0.3) is 11.3 Å². The summed E-state index contributed by atoms with van der Waals surface area (Å²) in [4.78, 5) is 0. The van der Waals surface area contributed by atoms with Gasteiger partial charge in [0.2, 0.25) is 0 Å². The number of nitrogens with zero attached hydrogens (tertiary/aromatic N) is 1. The van der Waals surface area contributed by atoms with Crippen LogP contribution in [-0.4, -0.2) is 31.0 Å². The van der Waals surface area contributed by atoms with E-state index in [0.717, 1.165) is 40.4 Å². The zero-order valence-corrected chi connectivity index (χ0v) is 11.5. The summed E-state index contributed by atoms with van der Waals surface area (Å²) >= 11 is 0. The van der Waals surface area contributed by atoms with Crippen molar-refractivity contribution in [2.75, 3.05) is 20.8 Å². The molecule has 1 aromatic carbocycles. The third kappa shape index (κ3) is 2.56. The van der Waals surface area contributed by atoms with Gasteiger partial charge in [0.15, 0.2) is 0 Å². The number of hydrogen-bond donors (Lipinski definition) is 2. The minimum Gasteiger partial charge on any atom is -0.496 e. The van der Waals surface area contributed by atoms with Crippen LogP contribution in [0.1, 0.15) is 11.3 Å². The second-order valence-corrected chi connectivity index (χ2v) is 4.29. The van der Waals surface area contributed by atoms with Crippen molar-refractivity contribution in [3.05, 3.63) is 29.5 Å². The molecule has 2 rings (SSSR count). The standard InChI is InChI=1S/C14H19N3O2/c1-9-13(18-2)5-4-11(14(9)19-3)12-8-10(6-7-15)16-17-12/h4-5,8H,6-7,15H2,1-3H3,(H,16,17). The topological polar surface area (TPSA) is 73.2 Å². The number of aromatic nitrogens is 2. The molecule has 0 bridgehead atoms. The molecule has 0 spiro atoms. The normalized spacial score (nSPS) is 10.5. The number of ether oxygens (including phenoxy) is 2. The fraction of sp³-hybridized carbons (Fsp3) is 0.357. The molecular formula is C14H19N3O2. The number of H-pyrrole nitrogens is 1. The third-order valence-electron chi connectivity index (χ3n) is 3.10. The third-order valence-corrected chi connectivity index (χ3v) is 3.10. The van der Waals surface area contributed by atoms with Crippen molar-refractivity contribution >= 4 is 0 Å². The van der Waals surface area contributed by atoms with Crippen molar-refractivity contribution in [2.24, 2.45) is 5.73 Å². The average Bonchev–Trinajstić information content (AvgIpc) is 2.87. The largest absolute Gasteiger partial charge is 0.496 e. The molecule has 5 heteroatoms. The Labute approximate surface area is 112 Å². The molecule has 1 aromatic heterocycles. The van der Waals surface area contributed by atoms with Crippen LogP contribution >= 0.6 is 0 Å². The van der Waals surface area contributed by atoms with Gasteiger partial charge in [-0.2, -0.15) is 5.10 Å². The van der Waals surface area contributed by atoms with Crippen molar-refractivity contribution in [2.45, 2.75) is 13.3 Å². The van der Waals surface area contributed by atoms with Gasteiger partial charge in [-0.15, -0.1) is 0 Å². The Morgan fingerprint density at radius 3 is 2.68 bits per heavy atom. The zero-order valence-electron chi connectivity index (χ0n) is 11.5. The minimum atomic E-state index is 0.598. The highest BCUT2D eigenvalue weighted by atomic mass is 16.5. The van der Waals surface area contributed by atoms with Crippen molar-refractivity contribution in [3.63, 3.8) is 0 Å². The Hall–Kier alpha value is -2.01. The van der Waals surface area contributed by atoms with Crippen LogP contribution in [0.2, 0.25) is 0 Å². The summed E-state index contributed by atoms with van der Waals surface area (Å²) in [6.45, 7) is 2.56. The van der Waals surface area contributed by atoms with Crippen molar-refractivity contribution in [1.29, 1.82) is 0 Å². The van der Waals surface area contributed by atoms with E-state index < -0.39 is 0 Å². The first-order chi connectivity index (χ1) is 9.21. The van der Waals surface area contributed by atoms with E-state index in [2.05, 4.69) is 10.2 Å². The molecule has 0 atom stereocenters. The first-order valence-corrected chi connectivity index (χ1v) is 6.17. The van der Waals surface area contributed by atoms with Gasteiger partial charge in [0.25, 0.3) is 0 Å². The molecule has 0 fully saturated rings. The van der Waals surface area contributed by atoms with Gasteiger partial charge in [0, 0.05) is 23.2 Å². The van der Waals surface area contributed by atoms with E-state index in [4.69, 9.17) is 15.2 Å². The van der Waals surface area contributed by atoms with Crippen LogP contribution in [0.4, 0.5) is 0 Å². The van der Waals surface area contributed by atoms with Crippen LogP contribution in [0.5, 0.6) is 11.5 Å². The van der Waals surface area contributed by atoms with Gasteiger partial charge in [0.05, 0.1) is 19.9 Å². The number of rotatable bonds is 5. The summed E-state index contributed by atoms with van der Waals surface area (Å²) < 4.78 is 10.8. The lowest BCUT2D eigenvalue weighted by Crippen LogP contribution is -2.02. The summed E-state index contributed by atoms with van der Waals surface area (Å²) in [7, 11) is 3.30. The molecule has 0 saturated heterocycles. The minimum absolute atomic E-state index is 0.598.